The minimum Gasteiger partial charge on any atom is -0.462 e. The Bertz CT molecular complexity index is 455. The zero-order chi connectivity index (χ0) is 14.5. The Labute approximate surface area is 124 Å². The van der Waals surface area contributed by atoms with Gasteiger partial charge in [-0.3, -0.25) is 0 Å². The highest BCUT2D eigenvalue weighted by Gasteiger charge is 2.18. The molecule has 2 rings (SSSR count). The lowest BCUT2D eigenvalue weighted by atomic mass is 10.3. The number of ether oxygens (including phenoxy) is 1. The van der Waals surface area contributed by atoms with Crippen LogP contribution in [0, 0.1) is 0 Å². The summed E-state index contributed by atoms with van der Waals surface area (Å²) in [6.07, 6.45) is 2.59. The number of anilines is 2. The van der Waals surface area contributed by atoms with Gasteiger partial charge in [0.2, 0.25) is 0 Å². The fraction of sp³-hybridized carbons (Fsp3) is 0.643. The molecule has 112 valence electrons. The maximum absolute atomic E-state index is 11.7. The largest absolute Gasteiger partial charge is 0.462 e. The molecule has 2 heterocycles. The first kappa shape index (κ1) is 15.1. The number of likely N-dealkylation sites (tertiary alicyclic amines) is 1. The molecule has 20 heavy (non-hydrogen) atoms. The Hall–Kier alpha value is -1.27. The smallest absolute Gasteiger partial charge is 0.350 e. The molecule has 1 fully saturated rings. The van der Waals surface area contributed by atoms with Crippen molar-refractivity contribution in [1.82, 2.24) is 4.90 Å². The van der Waals surface area contributed by atoms with Crippen LogP contribution < -0.4 is 11.1 Å². The van der Waals surface area contributed by atoms with Crippen LogP contribution in [0.2, 0.25) is 0 Å². The van der Waals surface area contributed by atoms with Crippen LogP contribution in [0.3, 0.4) is 0 Å². The quantitative estimate of drug-likeness (QED) is 0.789. The molecule has 0 radical (unpaired) electrons. The monoisotopic (exact) mass is 297 g/mol. The minimum absolute atomic E-state index is 0.334. The Morgan fingerprint density at radius 1 is 1.55 bits per heavy atom. The van der Waals surface area contributed by atoms with Crippen LogP contribution >= 0.6 is 11.3 Å². The maximum Gasteiger partial charge on any atom is 0.350 e. The highest BCUT2D eigenvalue weighted by atomic mass is 32.1. The molecule has 1 atom stereocenters. The summed E-state index contributed by atoms with van der Waals surface area (Å²) in [5.74, 6) is -0.338. The molecule has 1 aromatic heterocycles. The fourth-order valence-electron chi connectivity index (χ4n) is 2.47. The van der Waals surface area contributed by atoms with Crippen molar-refractivity contribution in [3.05, 3.63) is 10.9 Å². The number of thiophene rings is 1. The van der Waals surface area contributed by atoms with Gasteiger partial charge in [-0.1, -0.05) is 0 Å². The normalized spacial score (nSPS) is 17.1. The molecule has 1 saturated heterocycles. The van der Waals surface area contributed by atoms with Gasteiger partial charge in [0.15, 0.2) is 0 Å². The summed E-state index contributed by atoms with van der Waals surface area (Å²) in [7, 11) is 0. The van der Waals surface area contributed by atoms with Crippen LogP contribution in [-0.2, 0) is 4.74 Å². The van der Waals surface area contributed by atoms with Crippen molar-refractivity contribution in [2.75, 3.05) is 37.3 Å². The molecule has 0 amide bonds. The van der Waals surface area contributed by atoms with Gasteiger partial charge in [0.1, 0.15) is 4.88 Å². The molecular weight excluding hydrogens is 274 g/mol. The highest BCUT2D eigenvalue weighted by Crippen LogP contribution is 2.30. The molecule has 0 bridgehead atoms. The number of nitrogen functional groups attached to an aromatic ring is 1. The van der Waals surface area contributed by atoms with Crippen LogP contribution in [0.5, 0.6) is 0 Å². The van der Waals surface area contributed by atoms with Gasteiger partial charge >= 0.3 is 5.97 Å². The molecule has 0 aliphatic carbocycles. The van der Waals surface area contributed by atoms with Gasteiger partial charge in [0.05, 0.1) is 17.3 Å². The molecule has 0 spiro atoms. The van der Waals surface area contributed by atoms with Crippen molar-refractivity contribution in [3.8, 4) is 0 Å². The molecule has 5 nitrogen and oxygen atoms in total. The van der Waals surface area contributed by atoms with Crippen LogP contribution in [-0.4, -0.2) is 43.2 Å². The number of carbonyl (C=O) groups excluding carboxylic acids is 1. The van der Waals surface area contributed by atoms with Gasteiger partial charge in [-0.15, -0.1) is 11.3 Å². The number of rotatable bonds is 6. The number of nitrogens with one attached hydrogen (secondary N) is 1. The number of nitrogens with two attached hydrogens (primary N) is 1. The Kier molecular flexibility index (Phi) is 5.25. The van der Waals surface area contributed by atoms with Crippen molar-refractivity contribution >= 4 is 28.0 Å². The molecule has 1 aliphatic rings. The fourth-order valence-corrected chi connectivity index (χ4v) is 3.46. The molecule has 0 aromatic carbocycles. The van der Waals surface area contributed by atoms with E-state index in [0.717, 1.165) is 11.5 Å². The van der Waals surface area contributed by atoms with Gasteiger partial charge in [-0.05, 0) is 45.8 Å². The van der Waals surface area contributed by atoms with E-state index in [1.807, 2.05) is 6.07 Å². The lowest BCUT2D eigenvalue weighted by Gasteiger charge is -2.21. The van der Waals surface area contributed by atoms with Crippen LogP contribution in [0.25, 0.3) is 0 Å². The van der Waals surface area contributed by atoms with Crippen molar-refractivity contribution in [2.24, 2.45) is 0 Å². The number of hydrogen-bond acceptors (Lipinski definition) is 6. The lowest BCUT2D eigenvalue weighted by Crippen LogP contribution is -2.32. The van der Waals surface area contributed by atoms with Gasteiger partial charge in [-0.25, -0.2) is 4.79 Å². The Morgan fingerprint density at radius 3 is 2.90 bits per heavy atom. The predicted octanol–water partition coefficient (Wildman–Crippen LogP) is 2.40. The van der Waals surface area contributed by atoms with Crippen molar-refractivity contribution in [3.63, 3.8) is 0 Å². The molecule has 1 aliphatic heterocycles. The molecule has 1 aromatic rings. The van der Waals surface area contributed by atoms with Gasteiger partial charge < -0.3 is 20.7 Å². The second-order valence-electron chi connectivity index (χ2n) is 5.17. The van der Waals surface area contributed by atoms with Crippen LogP contribution in [0.4, 0.5) is 10.7 Å². The highest BCUT2D eigenvalue weighted by molar-refractivity contribution is 7.18. The summed E-state index contributed by atoms with van der Waals surface area (Å²) in [5.41, 5.74) is 6.36. The van der Waals surface area contributed by atoms with E-state index >= 15 is 0 Å². The Balaban J connectivity index is 1.92. The van der Waals surface area contributed by atoms with Gasteiger partial charge in [0, 0.05) is 12.6 Å². The summed E-state index contributed by atoms with van der Waals surface area (Å²) in [6.45, 7) is 7.70. The SMILES string of the molecule is CCOC(=O)c1sc(NC(C)CN2CCCC2)cc1N. The molecular formula is C14H23N3O2S. The van der Waals surface area contributed by atoms with E-state index < -0.39 is 0 Å². The first-order chi connectivity index (χ1) is 9.60. The van der Waals surface area contributed by atoms with E-state index in [1.165, 1.54) is 37.3 Å². The molecule has 0 saturated carbocycles. The van der Waals surface area contributed by atoms with Crippen molar-refractivity contribution in [2.45, 2.75) is 32.7 Å². The molecule has 1 unspecified atom stereocenters. The van der Waals surface area contributed by atoms with Crippen LogP contribution in [0.1, 0.15) is 36.4 Å². The standard InChI is InChI=1S/C14H23N3O2S/c1-3-19-14(18)13-11(15)8-12(20-13)16-10(2)9-17-6-4-5-7-17/h8,10,16H,3-7,9,15H2,1-2H3. The number of hydrogen-bond donors (Lipinski definition) is 2. The zero-order valence-corrected chi connectivity index (χ0v) is 13.0. The van der Waals surface area contributed by atoms with E-state index in [2.05, 4.69) is 17.1 Å². The number of nitrogens with zero attached hydrogens (tertiary/aromatic N) is 1. The van der Waals surface area contributed by atoms with E-state index in [4.69, 9.17) is 10.5 Å². The third-order valence-electron chi connectivity index (χ3n) is 3.34. The average molecular weight is 297 g/mol. The summed E-state index contributed by atoms with van der Waals surface area (Å²) < 4.78 is 4.99. The third-order valence-corrected chi connectivity index (χ3v) is 4.40. The molecule has 6 heteroatoms. The Morgan fingerprint density at radius 2 is 2.25 bits per heavy atom. The molecule has 3 N–H and O–H groups in total. The first-order valence-corrected chi connectivity index (χ1v) is 7.97. The number of carbonyl (C=O) groups is 1. The summed E-state index contributed by atoms with van der Waals surface area (Å²) in [4.78, 5) is 14.7. The minimum atomic E-state index is -0.338. The van der Waals surface area contributed by atoms with Crippen LogP contribution in [0.15, 0.2) is 6.07 Å². The van der Waals surface area contributed by atoms with E-state index in [1.54, 1.807) is 6.92 Å². The zero-order valence-electron chi connectivity index (χ0n) is 12.1. The second kappa shape index (κ2) is 6.95. The summed E-state index contributed by atoms with van der Waals surface area (Å²) in [6, 6.07) is 2.15. The van der Waals surface area contributed by atoms with E-state index in [9.17, 15) is 4.79 Å². The second-order valence-corrected chi connectivity index (χ2v) is 6.22. The first-order valence-electron chi connectivity index (χ1n) is 7.15. The van der Waals surface area contributed by atoms with E-state index in [0.29, 0.717) is 23.2 Å². The van der Waals surface area contributed by atoms with E-state index in [-0.39, 0.29) is 5.97 Å². The van der Waals surface area contributed by atoms with Crippen molar-refractivity contribution in [1.29, 1.82) is 0 Å². The van der Waals surface area contributed by atoms with Gasteiger partial charge in [-0.2, -0.15) is 0 Å². The topological polar surface area (TPSA) is 67.6 Å². The average Bonchev–Trinajstić information content (AvgIpc) is 2.99. The maximum atomic E-state index is 11.7. The van der Waals surface area contributed by atoms with Gasteiger partial charge in [0.25, 0.3) is 0 Å². The summed E-state index contributed by atoms with van der Waals surface area (Å²) >= 11 is 1.36. The number of esters is 1. The third kappa shape index (κ3) is 3.86. The summed E-state index contributed by atoms with van der Waals surface area (Å²) in [5, 5.41) is 4.34. The van der Waals surface area contributed by atoms with Crippen molar-refractivity contribution < 1.29 is 9.53 Å². The lowest BCUT2D eigenvalue weighted by molar-refractivity contribution is 0.0533. The predicted molar refractivity (Wildman–Crippen MR) is 83.4 cm³/mol.